The van der Waals surface area contributed by atoms with Gasteiger partial charge in [-0.05, 0) is 43.0 Å². The molecule has 3 nitrogen and oxygen atoms in total. The predicted octanol–water partition coefficient (Wildman–Crippen LogP) is 2.78. The molecule has 1 atom stereocenters. The van der Waals surface area contributed by atoms with Crippen molar-refractivity contribution >= 4 is 5.78 Å². The molecule has 0 saturated carbocycles. The first-order valence-corrected chi connectivity index (χ1v) is 6.49. The Balaban J connectivity index is 1.86. The lowest BCUT2D eigenvalue weighted by molar-refractivity contribution is 0.0900. The van der Waals surface area contributed by atoms with Crippen LogP contribution in [0.15, 0.2) is 42.7 Å². The number of phenolic OH excluding ortho intramolecular Hbond substituents is 1. The number of phenols is 1. The number of aromatic nitrogens is 1. The number of ketones is 1. The Bertz CT molecular complexity index is 607. The third-order valence-electron chi connectivity index (χ3n) is 3.76. The van der Waals surface area contributed by atoms with Gasteiger partial charge in [0.25, 0.3) is 0 Å². The number of rotatable bonds is 2. The molecule has 1 aromatic heterocycles. The van der Waals surface area contributed by atoms with Crippen LogP contribution in [0.25, 0.3) is 0 Å². The summed E-state index contributed by atoms with van der Waals surface area (Å²) < 4.78 is 0. The second kappa shape index (κ2) is 4.84. The average molecular weight is 253 g/mol. The van der Waals surface area contributed by atoms with Crippen LogP contribution < -0.4 is 0 Å². The number of carbonyl (C=O) groups excluding carboxylic acids is 1. The van der Waals surface area contributed by atoms with E-state index in [1.807, 2.05) is 18.2 Å². The predicted molar refractivity (Wildman–Crippen MR) is 72.2 cm³/mol. The SMILES string of the molecule is O=C1c2cccc(O)c2CC[C@H]1Cc1ccncc1. The maximum atomic E-state index is 12.4. The summed E-state index contributed by atoms with van der Waals surface area (Å²) in [5, 5.41) is 9.79. The monoisotopic (exact) mass is 253 g/mol. The lowest BCUT2D eigenvalue weighted by Crippen LogP contribution is -2.24. The molecule has 1 aliphatic carbocycles. The molecule has 0 bridgehead atoms. The summed E-state index contributed by atoms with van der Waals surface area (Å²) >= 11 is 0. The van der Waals surface area contributed by atoms with Gasteiger partial charge in [-0.2, -0.15) is 0 Å². The highest BCUT2D eigenvalue weighted by molar-refractivity contribution is 6.00. The van der Waals surface area contributed by atoms with Gasteiger partial charge in [0.15, 0.2) is 5.78 Å². The fourth-order valence-corrected chi connectivity index (χ4v) is 2.74. The van der Waals surface area contributed by atoms with Crippen molar-refractivity contribution in [3.8, 4) is 5.75 Å². The molecule has 3 heteroatoms. The zero-order valence-corrected chi connectivity index (χ0v) is 10.5. The number of benzene rings is 1. The van der Waals surface area contributed by atoms with Crippen LogP contribution in [0.3, 0.4) is 0 Å². The number of fused-ring (bicyclic) bond motifs is 1. The highest BCUT2D eigenvalue weighted by Crippen LogP contribution is 2.32. The summed E-state index contributed by atoms with van der Waals surface area (Å²) in [5.41, 5.74) is 2.63. The second-order valence-corrected chi connectivity index (χ2v) is 4.96. The molecule has 1 aliphatic rings. The van der Waals surface area contributed by atoms with E-state index in [0.717, 1.165) is 30.4 Å². The Labute approximate surface area is 111 Å². The normalized spacial score (nSPS) is 18.1. The molecule has 96 valence electrons. The van der Waals surface area contributed by atoms with Crippen molar-refractivity contribution in [1.29, 1.82) is 0 Å². The molecular weight excluding hydrogens is 238 g/mol. The fourth-order valence-electron chi connectivity index (χ4n) is 2.74. The van der Waals surface area contributed by atoms with Crippen molar-refractivity contribution in [2.24, 2.45) is 5.92 Å². The van der Waals surface area contributed by atoms with Crippen LogP contribution in [-0.2, 0) is 12.8 Å². The van der Waals surface area contributed by atoms with Crippen molar-refractivity contribution in [2.75, 3.05) is 0 Å². The Hall–Kier alpha value is -2.16. The standard InChI is InChI=1S/C16H15NO2/c18-15-3-1-2-14-13(15)5-4-12(16(14)19)10-11-6-8-17-9-7-11/h1-3,6-9,12,18H,4-5,10H2/t12-/m0/s1. The average Bonchev–Trinajstić information content (AvgIpc) is 2.44. The summed E-state index contributed by atoms with van der Waals surface area (Å²) in [7, 11) is 0. The van der Waals surface area contributed by atoms with Gasteiger partial charge < -0.3 is 5.11 Å². The van der Waals surface area contributed by atoms with E-state index in [9.17, 15) is 9.90 Å². The van der Waals surface area contributed by atoms with E-state index in [0.29, 0.717) is 5.56 Å². The van der Waals surface area contributed by atoms with E-state index in [-0.39, 0.29) is 17.5 Å². The van der Waals surface area contributed by atoms with Crippen LogP contribution in [0.5, 0.6) is 5.75 Å². The van der Waals surface area contributed by atoms with Crippen molar-refractivity contribution in [3.63, 3.8) is 0 Å². The van der Waals surface area contributed by atoms with Crippen LogP contribution >= 0.6 is 0 Å². The van der Waals surface area contributed by atoms with E-state index in [1.54, 1.807) is 24.5 Å². The molecule has 1 N–H and O–H groups in total. The van der Waals surface area contributed by atoms with E-state index < -0.39 is 0 Å². The van der Waals surface area contributed by atoms with Gasteiger partial charge in [0.05, 0.1) is 0 Å². The number of aromatic hydroxyl groups is 1. The lowest BCUT2D eigenvalue weighted by atomic mass is 9.79. The van der Waals surface area contributed by atoms with Gasteiger partial charge in [-0.1, -0.05) is 12.1 Å². The van der Waals surface area contributed by atoms with Gasteiger partial charge in [0, 0.05) is 29.4 Å². The van der Waals surface area contributed by atoms with Crippen molar-refractivity contribution in [1.82, 2.24) is 4.98 Å². The summed E-state index contributed by atoms with van der Waals surface area (Å²) in [6.45, 7) is 0. The molecule has 0 aliphatic heterocycles. The van der Waals surface area contributed by atoms with E-state index in [1.165, 1.54) is 0 Å². The fraction of sp³-hybridized carbons (Fsp3) is 0.250. The van der Waals surface area contributed by atoms with Crippen LogP contribution in [0.4, 0.5) is 0 Å². The Kier molecular flexibility index (Phi) is 3.03. The molecule has 0 amide bonds. The van der Waals surface area contributed by atoms with Gasteiger partial charge in [0.1, 0.15) is 5.75 Å². The van der Waals surface area contributed by atoms with Crippen molar-refractivity contribution in [2.45, 2.75) is 19.3 Å². The molecule has 2 aromatic rings. The third kappa shape index (κ3) is 2.24. The Morgan fingerprint density at radius 2 is 2.00 bits per heavy atom. The van der Waals surface area contributed by atoms with E-state index >= 15 is 0 Å². The molecule has 0 fully saturated rings. The van der Waals surface area contributed by atoms with Gasteiger partial charge >= 0.3 is 0 Å². The third-order valence-corrected chi connectivity index (χ3v) is 3.76. The first-order valence-electron chi connectivity index (χ1n) is 6.49. The number of hydrogen-bond donors (Lipinski definition) is 1. The number of hydrogen-bond acceptors (Lipinski definition) is 3. The maximum absolute atomic E-state index is 12.4. The zero-order chi connectivity index (χ0) is 13.2. The van der Waals surface area contributed by atoms with E-state index in [4.69, 9.17) is 0 Å². The smallest absolute Gasteiger partial charge is 0.166 e. The number of nitrogens with zero attached hydrogens (tertiary/aromatic N) is 1. The molecule has 0 spiro atoms. The minimum absolute atomic E-state index is 0.0108. The number of pyridine rings is 1. The molecular formula is C16H15NO2. The molecule has 19 heavy (non-hydrogen) atoms. The number of Topliss-reactive ketones (excluding diaryl/α,β-unsaturated/α-hetero) is 1. The molecule has 0 unspecified atom stereocenters. The maximum Gasteiger partial charge on any atom is 0.166 e. The van der Waals surface area contributed by atoms with Crippen LogP contribution in [-0.4, -0.2) is 15.9 Å². The second-order valence-electron chi connectivity index (χ2n) is 4.96. The summed E-state index contributed by atoms with van der Waals surface area (Å²) in [6.07, 6.45) is 5.82. The van der Waals surface area contributed by atoms with Gasteiger partial charge in [-0.15, -0.1) is 0 Å². The highest BCUT2D eigenvalue weighted by Gasteiger charge is 2.28. The molecule has 3 rings (SSSR count). The quantitative estimate of drug-likeness (QED) is 0.895. The van der Waals surface area contributed by atoms with E-state index in [2.05, 4.69) is 4.98 Å². The van der Waals surface area contributed by atoms with Gasteiger partial charge in [-0.25, -0.2) is 0 Å². The number of carbonyl (C=O) groups is 1. The van der Waals surface area contributed by atoms with Gasteiger partial charge in [0.2, 0.25) is 0 Å². The zero-order valence-electron chi connectivity index (χ0n) is 10.5. The summed E-state index contributed by atoms with van der Waals surface area (Å²) in [5.74, 6) is 0.402. The highest BCUT2D eigenvalue weighted by atomic mass is 16.3. The van der Waals surface area contributed by atoms with Crippen molar-refractivity contribution in [3.05, 3.63) is 59.4 Å². The Morgan fingerprint density at radius 1 is 1.21 bits per heavy atom. The van der Waals surface area contributed by atoms with Crippen LogP contribution in [0.1, 0.15) is 27.9 Å². The summed E-state index contributed by atoms with van der Waals surface area (Å²) in [6, 6.07) is 9.10. The minimum atomic E-state index is 0.0108. The van der Waals surface area contributed by atoms with Crippen LogP contribution in [0.2, 0.25) is 0 Å². The molecule has 0 saturated heterocycles. The molecule has 1 heterocycles. The van der Waals surface area contributed by atoms with Crippen molar-refractivity contribution < 1.29 is 9.90 Å². The summed E-state index contributed by atoms with van der Waals surface area (Å²) in [4.78, 5) is 16.4. The minimum Gasteiger partial charge on any atom is -0.508 e. The first-order chi connectivity index (χ1) is 9.25. The lowest BCUT2D eigenvalue weighted by Gasteiger charge is -2.23. The largest absolute Gasteiger partial charge is 0.508 e. The molecule has 0 radical (unpaired) electrons. The topological polar surface area (TPSA) is 50.2 Å². The Morgan fingerprint density at radius 3 is 2.79 bits per heavy atom. The molecule has 1 aromatic carbocycles. The van der Waals surface area contributed by atoms with Gasteiger partial charge in [-0.3, -0.25) is 9.78 Å². The van der Waals surface area contributed by atoms with Crippen LogP contribution in [0, 0.1) is 5.92 Å². The first kappa shape index (κ1) is 11.9.